The Labute approximate surface area is 157 Å². The molecule has 0 aromatic heterocycles. The van der Waals surface area contributed by atoms with E-state index < -0.39 is 0 Å². The van der Waals surface area contributed by atoms with Gasteiger partial charge in [0.1, 0.15) is 0 Å². The largest absolute Gasteiger partial charge is 0.376 e. The van der Waals surface area contributed by atoms with E-state index in [2.05, 4.69) is 43.3 Å². The molecular formula is C23H29NO2. The predicted molar refractivity (Wildman–Crippen MR) is 105 cm³/mol. The van der Waals surface area contributed by atoms with Crippen molar-refractivity contribution < 1.29 is 9.53 Å². The molecule has 1 aliphatic rings. The third-order valence-electron chi connectivity index (χ3n) is 5.22. The lowest BCUT2D eigenvalue weighted by molar-refractivity contribution is -0.132. The van der Waals surface area contributed by atoms with E-state index in [-0.39, 0.29) is 5.91 Å². The van der Waals surface area contributed by atoms with Gasteiger partial charge in [-0.15, -0.1) is 0 Å². The normalized spacial score (nSPS) is 15.2. The molecule has 26 heavy (non-hydrogen) atoms. The minimum absolute atomic E-state index is 0.248. The van der Waals surface area contributed by atoms with Crippen LogP contribution in [0, 0.1) is 5.92 Å². The molecular weight excluding hydrogens is 322 g/mol. The second-order valence-corrected chi connectivity index (χ2v) is 7.17. The Morgan fingerprint density at radius 1 is 0.962 bits per heavy atom. The fourth-order valence-corrected chi connectivity index (χ4v) is 3.45. The van der Waals surface area contributed by atoms with Crippen LogP contribution in [0.1, 0.15) is 36.5 Å². The Kier molecular flexibility index (Phi) is 6.84. The van der Waals surface area contributed by atoms with Crippen LogP contribution >= 0.6 is 0 Å². The zero-order chi connectivity index (χ0) is 18.2. The van der Waals surface area contributed by atoms with Crippen LogP contribution in [0.3, 0.4) is 0 Å². The molecule has 2 aromatic rings. The highest BCUT2D eigenvalue weighted by Gasteiger charge is 2.22. The van der Waals surface area contributed by atoms with Gasteiger partial charge in [0.15, 0.2) is 0 Å². The first kappa shape index (κ1) is 18.7. The summed E-state index contributed by atoms with van der Waals surface area (Å²) >= 11 is 0. The van der Waals surface area contributed by atoms with Gasteiger partial charge in [-0.3, -0.25) is 4.79 Å². The molecule has 1 amide bonds. The lowest BCUT2D eigenvalue weighted by Crippen LogP contribution is -2.40. The SMILES string of the molecule is CCc1ccc(CC(=O)N2CCC(COCc3ccccc3)CC2)cc1. The molecule has 3 nitrogen and oxygen atoms in total. The first-order chi connectivity index (χ1) is 12.7. The highest BCUT2D eigenvalue weighted by molar-refractivity contribution is 5.78. The molecule has 0 unspecified atom stereocenters. The quantitative estimate of drug-likeness (QED) is 0.746. The van der Waals surface area contributed by atoms with Crippen LogP contribution in [0.4, 0.5) is 0 Å². The molecule has 0 aliphatic carbocycles. The highest BCUT2D eigenvalue weighted by atomic mass is 16.5. The molecule has 0 atom stereocenters. The maximum Gasteiger partial charge on any atom is 0.226 e. The van der Waals surface area contributed by atoms with Crippen molar-refractivity contribution in [1.29, 1.82) is 0 Å². The van der Waals surface area contributed by atoms with Crippen LogP contribution in [0.15, 0.2) is 54.6 Å². The molecule has 3 heteroatoms. The predicted octanol–water partition coefficient (Wildman–Crippen LogP) is 4.25. The standard InChI is InChI=1S/C23H29NO2/c1-2-19-8-10-20(11-9-19)16-23(25)24-14-12-22(13-15-24)18-26-17-21-6-4-3-5-7-21/h3-11,22H,2,12-18H2,1H3. The summed E-state index contributed by atoms with van der Waals surface area (Å²) in [5.41, 5.74) is 3.65. The number of carbonyl (C=O) groups excluding carboxylic acids is 1. The summed E-state index contributed by atoms with van der Waals surface area (Å²) in [6.07, 6.45) is 3.62. The van der Waals surface area contributed by atoms with Crippen molar-refractivity contribution in [1.82, 2.24) is 4.90 Å². The molecule has 0 radical (unpaired) electrons. The smallest absolute Gasteiger partial charge is 0.226 e. The van der Waals surface area contributed by atoms with Gasteiger partial charge in [0.2, 0.25) is 5.91 Å². The van der Waals surface area contributed by atoms with E-state index in [0.29, 0.717) is 18.9 Å². The van der Waals surface area contributed by atoms with Crippen molar-refractivity contribution in [2.75, 3.05) is 19.7 Å². The first-order valence-electron chi connectivity index (χ1n) is 9.72. The second kappa shape index (κ2) is 9.54. The molecule has 1 saturated heterocycles. The Morgan fingerprint density at radius 3 is 2.27 bits per heavy atom. The van der Waals surface area contributed by atoms with E-state index in [4.69, 9.17) is 4.74 Å². The Balaban J connectivity index is 1.37. The van der Waals surface area contributed by atoms with Gasteiger partial charge in [-0.1, -0.05) is 61.5 Å². The van der Waals surface area contributed by atoms with Crippen LogP contribution in [-0.4, -0.2) is 30.5 Å². The fraction of sp³-hybridized carbons (Fsp3) is 0.435. The molecule has 0 bridgehead atoms. The molecule has 1 fully saturated rings. The summed E-state index contributed by atoms with van der Waals surface area (Å²) in [4.78, 5) is 14.5. The molecule has 3 rings (SSSR count). The van der Waals surface area contributed by atoms with Crippen LogP contribution in [0.25, 0.3) is 0 Å². The van der Waals surface area contributed by atoms with Gasteiger partial charge in [-0.2, -0.15) is 0 Å². The fourth-order valence-electron chi connectivity index (χ4n) is 3.45. The lowest BCUT2D eigenvalue weighted by atomic mass is 9.97. The van der Waals surface area contributed by atoms with Gasteiger partial charge in [-0.05, 0) is 41.9 Å². The number of ether oxygens (including phenoxy) is 1. The van der Waals surface area contributed by atoms with E-state index in [1.165, 1.54) is 11.1 Å². The van der Waals surface area contributed by atoms with E-state index in [9.17, 15) is 4.79 Å². The van der Waals surface area contributed by atoms with Gasteiger partial charge in [0.05, 0.1) is 13.0 Å². The van der Waals surface area contributed by atoms with Gasteiger partial charge in [0.25, 0.3) is 0 Å². The number of likely N-dealkylation sites (tertiary alicyclic amines) is 1. The van der Waals surface area contributed by atoms with Gasteiger partial charge < -0.3 is 9.64 Å². The maximum absolute atomic E-state index is 12.5. The Bertz CT molecular complexity index is 673. The first-order valence-corrected chi connectivity index (χ1v) is 9.72. The summed E-state index contributed by atoms with van der Waals surface area (Å²) in [5.74, 6) is 0.810. The van der Waals surface area contributed by atoms with Crippen molar-refractivity contribution in [3.63, 3.8) is 0 Å². The number of piperidine rings is 1. The minimum Gasteiger partial charge on any atom is -0.376 e. The summed E-state index contributed by atoms with van der Waals surface area (Å²) in [5, 5.41) is 0. The Morgan fingerprint density at radius 2 is 1.62 bits per heavy atom. The number of hydrogen-bond acceptors (Lipinski definition) is 2. The Hall–Kier alpha value is -2.13. The van der Waals surface area contributed by atoms with Crippen molar-refractivity contribution in [2.24, 2.45) is 5.92 Å². The molecule has 2 aromatic carbocycles. The average Bonchev–Trinajstić information content (AvgIpc) is 2.70. The van der Waals surface area contributed by atoms with E-state index in [1.54, 1.807) is 0 Å². The number of rotatable bonds is 7. The van der Waals surface area contributed by atoms with Crippen LogP contribution in [0.2, 0.25) is 0 Å². The number of amides is 1. The maximum atomic E-state index is 12.5. The topological polar surface area (TPSA) is 29.5 Å². The third kappa shape index (κ3) is 5.43. The minimum atomic E-state index is 0.248. The zero-order valence-corrected chi connectivity index (χ0v) is 15.7. The lowest BCUT2D eigenvalue weighted by Gasteiger charge is -2.32. The van der Waals surface area contributed by atoms with E-state index in [0.717, 1.165) is 44.5 Å². The second-order valence-electron chi connectivity index (χ2n) is 7.17. The van der Waals surface area contributed by atoms with Crippen molar-refractivity contribution in [2.45, 2.75) is 39.2 Å². The van der Waals surface area contributed by atoms with Crippen LogP contribution < -0.4 is 0 Å². The molecule has 0 spiro atoms. The van der Waals surface area contributed by atoms with Crippen molar-refractivity contribution >= 4 is 5.91 Å². The third-order valence-corrected chi connectivity index (χ3v) is 5.22. The summed E-state index contributed by atoms with van der Waals surface area (Å²) in [6, 6.07) is 18.7. The summed E-state index contributed by atoms with van der Waals surface area (Å²) in [6.45, 7) is 5.31. The molecule has 0 saturated carbocycles. The van der Waals surface area contributed by atoms with Crippen LogP contribution in [-0.2, 0) is 29.0 Å². The number of carbonyl (C=O) groups is 1. The monoisotopic (exact) mass is 351 g/mol. The van der Waals surface area contributed by atoms with Crippen molar-refractivity contribution in [3.8, 4) is 0 Å². The molecule has 1 aliphatic heterocycles. The van der Waals surface area contributed by atoms with E-state index >= 15 is 0 Å². The van der Waals surface area contributed by atoms with E-state index in [1.807, 2.05) is 23.1 Å². The molecule has 138 valence electrons. The summed E-state index contributed by atoms with van der Waals surface area (Å²) < 4.78 is 5.87. The zero-order valence-electron chi connectivity index (χ0n) is 15.7. The van der Waals surface area contributed by atoms with Gasteiger partial charge in [-0.25, -0.2) is 0 Å². The molecule has 0 N–H and O–H groups in total. The van der Waals surface area contributed by atoms with Gasteiger partial charge >= 0.3 is 0 Å². The average molecular weight is 351 g/mol. The number of hydrogen-bond donors (Lipinski definition) is 0. The van der Waals surface area contributed by atoms with Crippen molar-refractivity contribution in [3.05, 3.63) is 71.3 Å². The van der Waals surface area contributed by atoms with Crippen LogP contribution in [0.5, 0.6) is 0 Å². The summed E-state index contributed by atoms with van der Waals surface area (Å²) in [7, 11) is 0. The highest BCUT2D eigenvalue weighted by Crippen LogP contribution is 2.19. The van der Waals surface area contributed by atoms with Gasteiger partial charge in [0, 0.05) is 19.7 Å². The molecule has 1 heterocycles. The number of nitrogens with zero attached hydrogens (tertiary/aromatic N) is 1. The number of aryl methyl sites for hydroxylation is 1. The number of benzene rings is 2.